The zero-order valence-corrected chi connectivity index (χ0v) is 12.0. The molecule has 1 fully saturated rings. The number of piperidine rings is 1. The minimum Gasteiger partial charge on any atom is -0.383 e. The molecule has 0 spiro atoms. The molecule has 0 bridgehead atoms. The molecule has 21 heavy (non-hydrogen) atoms. The molecule has 5 heteroatoms. The average molecular weight is 290 g/mol. The fraction of sp³-hybridized carbons (Fsp3) is 0.438. The van der Waals surface area contributed by atoms with Crippen molar-refractivity contribution in [1.82, 2.24) is 10.1 Å². The summed E-state index contributed by atoms with van der Waals surface area (Å²) in [5, 5.41) is 2.35. The van der Waals surface area contributed by atoms with E-state index in [2.05, 4.69) is 17.1 Å². The molecule has 1 aliphatic rings. The van der Waals surface area contributed by atoms with E-state index in [9.17, 15) is 9.18 Å². The number of rotatable bonds is 3. The van der Waals surface area contributed by atoms with E-state index in [1.165, 1.54) is 12.1 Å². The first-order chi connectivity index (χ1) is 10.1. The fourth-order valence-electron chi connectivity index (χ4n) is 3.08. The Hall–Kier alpha value is -1.88. The average Bonchev–Trinajstić information content (AvgIpc) is 2.90. The maximum Gasteiger partial charge on any atom is 0.280 e. The molecule has 1 saturated heterocycles. The van der Waals surface area contributed by atoms with Crippen LogP contribution in [-0.2, 0) is 6.42 Å². The lowest BCUT2D eigenvalue weighted by Gasteiger charge is -2.36. The third kappa shape index (κ3) is 3.08. The summed E-state index contributed by atoms with van der Waals surface area (Å²) in [5.41, 5.74) is 0.542. The number of halogens is 1. The van der Waals surface area contributed by atoms with Crippen LogP contribution in [-0.4, -0.2) is 29.7 Å². The van der Waals surface area contributed by atoms with Crippen LogP contribution in [0.2, 0.25) is 0 Å². The molecule has 2 aromatic rings. The van der Waals surface area contributed by atoms with E-state index >= 15 is 0 Å². The molecular formula is C16H19FN2O2. The van der Waals surface area contributed by atoms with Crippen molar-refractivity contribution >= 4 is 0 Å². The maximum absolute atomic E-state index is 13.8. The van der Waals surface area contributed by atoms with Crippen LogP contribution in [0.1, 0.15) is 30.1 Å². The first kappa shape index (κ1) is 14.1. The predicted octanol–water partition coefficient (Wildman–Crippen LogP) is 2.53. The molecule has 1 aliphatic heterocycles. The van der Waals surface area contributed by atoms with Gasteiger partial charge in [-0.1, -0.05) is 18.2 Å². The van der Waals surface area contributed by atoms with Gasteiger partial charge in [0.1, 0.15) is 11.6 Å². The number of likely N-dealkylation sites (N-methyl/N-ethyl adjacent to an activating group) is 1. The number of likely N-dealkylation sites (tertiary alicyclic amines) is 1. The van der Waals surface area contributed by atoms with E-state index in [0.29, 0.717) is 12.2 Å². The molecule has 4 nitrogen and oxygen atoms in total. The summed E-state index contributed by atoms with van der Waals surface area (Å²) in [7, 11) is 2.06. The highest BCUT2D eigenvalue weighted by molar-refractivity contribution is 5.19. The minimum absolute atomic E-state index is 0.152. The van der Waals surface area contributed by atoms with Crippen molar-refractivity contribution in [1.29, 1.82) is 0 Å². The third-order valence-corrected chi connectivity index (χ3v) is 4.37. The van der Waals surface area contributed by atoms with Crippen LogP contribution in [0.15, 0.2) is 39.6 Å². The van der Waals surface area contributed by atoms with Gasteiger partial charge in [0.05, 0.1) is 0 Å². The SMILES string of the molecule is CN1CC[C@@H](c2cc(=O)[nH]o2)C[C@H]1Cc1ccccc1F. The second-order valence-electron chi connectivity index (χ2n) is 5.77. The van der Waals surface area contributed by atoms with Gasteiger partial charge in [-0.3, -0.25) is 4.79 Å². The van der Waals surface area contributed by atoms with Crippen molar-refractivity contribution in [2.24, 2.45) is 0 Å². The van der Waals surface area contributed by atoms with Gasteiger partial charge >= 0.3 is 0 Å². The Balaban J connectivity index is 1.75. The first-order valence-corrected chi connectivity index (χ1v) is 7.25. The molecule has 112 valence electrons. The molecule has 1 aromatic heterocycles. The lowest BCUT2D eigenvalue weighted by atomic mass is 9.86. The largest absolute Gasteiger partial charge is 0.383 e. The Morgan fingerprint density at radius 1 is 1.43 bits per heavy atom. The van der Waals surface area contributed by atoms with Crippen molar-refractivity contribution in [2.45, 2.75) is 31.2 Å². The molecule has 0 amide bonds. The van der Waals surface area contributed by atoms with Crippen molar-refractivity contribution in [3.63, 3.8) is 0 Å². The zero-order valence-electron chi connectivity index (χ0n) is 12.0. The summed E-state index contributed by atoms with van der Waals surface area (Å²) >= 11 is 0. The van der Waals surface area contributed by atoms with Gasteiger partial charge in [0.15, 0.2) is 0 Å². The lowest BCUT2D eigenvalue weighted by molar-refractivity contribution is 0.155. The zero-order chi connectivity index (χ0) is 14.8. The van der Waals surface area contributed by atoms with E-state index in [1.807, 2.05) is 12.1 Å². The Labute approximate surface area is 122 Å². The number of H-pyrrole nitrogens is 1. The summed E-state index contributed by atoms with van der Waals surface area (Å²) in [5.74, 6) is 0.782. The minimum atomic E-state index is -0.199. The molecule has 1 N–H and O–H groups in total. The van der Waals surface area contributed by atoms with Crippen LogP contribution in [0.25, 0.3) is 0 Å². The second kappa shape index (κ2) is 5.85. The molecule has 3 rings (SSSR count). The van der Waals surface area contributed by atoms with Crippen molar-refractivity contribution in [3.05, 3.63) is 57.8 Å². The monoisotopic (exact) mass is 290 g/mol. The van der Waals surface area contributed by atoms with Crippen LogP contribution in [0.4, 0.5) is 4.39 Å². The highest BCUT2D eigenvalue weighted by Gasteiger charge is 2.29. The van der Waals surface area contributed by atoms with Gasteiger partial charge < -0.3 is 9.42 Å². The van der Waals surface area contributed by atoms with Gasteiger partial charge in [0, 0.05) is 18.0 Å². The molecule has 2 atom stereocenters. The number of aromatic nitrogens is 1. The summed E-state index contributed by atoms with van der Waals surface area (Å²) in [6.45, 7) is 0.915. The number of nitrogens with zero attached hydrogens (tertiary/aromatic N) is 1. The quantitative estimate of drug-likeness (QED) is 0.945. The smallest absolute Gasteiger partial charge is 0.280 e. The standard InChI is InChI=1S/C16H19FN2O2/c1-19-7-6-12(15-10-16(20)18-21-15)9-13(19)8-11-4-2-3-5-14(11)17/h2-5,10,12-13H,6-9H2,1H3,(H,18,20)/t12-,13-/m1/s1. The van der Waals surface area contributed by atoms with E-state index in [0.717, 1.165) is 24.9 Å². The normalized spacial score (nSPS) is 23.3. The molecule has 1 aromatic carbocycles. The summed E-state index contributed by atoms with van der Waals surface area (Å²) < 4.78 is 19.0. The van der Waals surface area contributed by atoms with E-state index < -0.39 is 0 Å². The van der Waals surface area contributed by atoms with Gasteiger partial charge in [-0.15, -0.1) is 0 Å². The highest BCUT2D eigenvalue weighted by atomic mass is 19.1. The van der Waals surface area contributed by atoms with Crippen LogP contribution in [0, 0.1) is 5.82 Å². The van der Waals surface area contributed by atoms with Crippen LogP contribution in [0.3, 0.4) is 0 Å². The van der Waals surface area contributed by atoms with Crippen molar-refractivity contribution in [2.75, 3.05) is 13.6 Å². The fourth-order valence-corrected chi connectivity index (χ4v) is 3.08. The van der Waals surface area contributed by atoms with E-state index in [-0.39, 0.29) is 23.3 Å². The summed E-state index contributed by atoms with van der Waals surface area (Å²) in [6, 6.07) is 8.69. The predicted molar refractivity (Wildman–Crippen MR) is 77.8 cm³/mol. The molecule has 0 saturated carbocycles. The van der Waals surface area contributed by atoms with Crippen LogP contribution < -0.4 is 5.56 Å². The van der Waals surface area contributed by atoms with Crippen LogP contribution in [0.5, 0.6) is 0 Å². The summed E-state index contributed by atoms with van der Waals surface area (Å²) in [6.07, 6.45) is 2.49. The lowest BCUT2D eigenvalue weighted by Crippen LogP contribution is -2.40. The van der Waals surface area contributed by atoms with Crippen LogP contribution >= 0.6 is 0 Å². The number of hydrogen-bond acceptors (Lipinski definition) is 3. The highest BCUT2D eigenvalue weighted by Crippen LogP contribution is 2.31. The summed E-state index contributed by atoms with van der Waals surface area (Å²) in [4.78, 5) is 13.5. The van der Waals surface area contributed by atoms with E-state index in [1.54, 1.807) is 6.07 Å². The molecule has 2 heterocycles. The Kier molecular flexibility index (Phi) is 3.92. The second-order valence-corrected chi connectivity index (χ2v) is 5.77. The Morgan fingerprint density at radius 3 is 2.95 bits per heavy atom. The Bertz CT molecular complexity index is 664. The number of aromatic amines is 1. The Morgan fingerprint density at radius 2 is 2.24 bits per heavy atom. The number of hydrogen-bond donors (Lipinski definition) is 1. The topological polar surface area (TPSA) is 49.2 Å². The molecule has 0 radical (unpaired) electrons. The molecular weight excluding hydrogens is 271 g/mol. The van der Waals surface area contributed by atoms with Gasteiger partial charge in [0.25, 0.3) is 5.56 Å². The van der Waals surface area contributed by atoms with Gasteiger partial charge in [-0.25, -0.2) is 4.39 Å². The number of nitrogens with one attached hydrogen (secondary N) is 1. The van der Waals surface area contributed by atoms with Gasteiger partial charge in [-0.05, 0) is 44.5 Å². The third-order valence-electron chi connectivity index (χ3n) is 4.37. The van der Waals surface area contributed by atoms with Gasteiger partial charge in [-0.2, -0.15) is 5.16 Å². The first-order valence-electron chi connectivity index (χ1n) is 7.25. The van der Waals surface area contributed by atoms with Crippen molar-refractivity contribution in [3.8, 4) is 0 Å². The molecule has 0 aliphatic carbocycles. The van der Waals surface area contributed by atoms with Gasteiger partial charge in [0.2, 0.25) is 0 Å². The van der Waals surface area contributed by atoms with E-state index in [4.69, 9.17) is 4.52 Å². The maximum atomic E-state index is 13.8. The molecule has 0 unspecified atom stereocenters. The van der Waals surface area contributed by atoms with Crippen molar-refractivity contribution < 1.29 is 8.91 Å². The number of benzene rings is 1.